The summed E-state index contributed by atoms with van der Waals surface area (Å²) in [6.45, 7) is 1.84. The van der Waals surface area contributed by atoms with Gasteiger partial charge in [0.1, 0.15) is 6.07 Å². The van der Waals surface area contributed by atoms with E-state index in [1.165, 1.54) is 11.1 Å². The lowest BCUT2D eigenvalue weighted by atomic mass is 10.1. The van der Waals surface area contributed by atoms with E-state index in [0.29, 0.717) is 5.69 Å². The van der Waals surface area contributed by atoms with Gasteiger partial charge in [0.15, 0.2) is 5.69 Å². The number of aromatic nitrogens is 4. The summed E-state index contributed by atoms with van der Waals surface area (Å²) in [5.74, 6) is 0. The molecule has 21 heavy (non-hydrogen) atoms. The maximum atomic E-state index is 8.92. The molecule has 3 aromatic rings. The molecular weight excluding hydrogens is 262 g/mol. The number of hydrogen-bond donors (Lipinski definition) is 0. The first kappa shape index (κ1) is 13.0. The highest BCUT2D eigenvalue weighted by Gasteiger charge is 2.09. The molecule has 2 heterocycles. The summed E-state index contributed by atoms with van der Waals surface area (Å²) in [5.41, 5.74) is 4.44. The first-order chi connectivity index (χ1) is 10.3. The van der Waals surface area contributed by atoms with Crippen LogP contribution in [-0.2, 0) is 6.42 Å². The van der Waals surface area contributed by atoms with Crippen molar-refractivity contribution < 1.29 is 0 Å². The van der Waals surface area contributed by atoms with E-state index in [9.17, 15) is 0 Å². The Labute approximate surface area is 122 Å². The monoisotopic (exact) mass is 275 g/mol. The van der Waals surface area contributed by atoms with Crippen molar-refractivity contribution in [2.75, 3.05) is 0 Å². The maximum absolute atomic E-state index is 8.92. The minimum Gasteiger partial charge on any atom is -0.265 e. The largest absolute Gasteiger partial charge is 0.265 e. The van der Waals surface area contributed by atoms with Crippen LogP contribution in [0.25, 0.3) is 5.69 Å². The van der Waals surface area contributed by atoms with Gasteiger partial charge >= 0.3 is 0 Å². The summed E-state index contributed by atoms with van der Waals surface area (Å²) in [6.07, 6.45) is 4.46. The summed E-state index contributed by atoms with van der Waals surface area (Å²) in [7, 11) is 0. The van der Waals surface area contributed by atoms with Gasteiger partial charge < -0.3 is 0 Å². The van der Waals surface area contributed by atoms with Gasteiger partial charge in [0.2, 0.25) is 0 Å². The van der Waals surface area contributed by atoms with Gasteiger partial charge in [-0.1, -0.05) is 17.3 Å². The first-order valence-corrected chi connectivity index (χ1v) is 6.58. The second-order valence-electron chi connectivity index (χ2n) is 4.75. The van der Waals surface area contributed by atoms with Crippen LogP contribution < -0.4 is 0 Å². The molecule has 1 aromatic carbocycles. The lowest BCUT2D eigenvalue weighted by Crippen LogP contribution is -1.99. The molecule has 0 fully saturated rings. The van der Waals surface area contributed by atoms with Crippen LogP contribution in [0.3, 0.4) is 0 Å². The summed E-state index contributed by atoms with van der Waals surface area (Å²) in [4.78, 5) is 4.02. The maximum Gasteiger partial charge on any atom is 0.186 e. The van der Waals surface area contributed by atoms with Gasteiger partial charge in [-0.15, -0.1) is 5.10 Å². The molecule has 0 atom stereocenters. The van der Waals surface area contributed by atoms with E-state index in [4.69, 9.17) is 5.26 Å². The lowest BCUT2D eigenvalue weighted by Gasteiger charge is -2.05. The average Bonchev–Trinajstić information content (AvgIpc) is 2.90. The molecule has 0 saturated heterocycles. The van der Waals surface area contributed by atoms with Crippen LogP contribution in [0, 0.1) is 18.3 Å². The predicted molar refractivity (Wildman–Crippen MR) is 77.9 cm³/mol. The molecule has 5 heteroatoms. The van der Waals surface area contributed by atoms with Crippen molar-refractivity contribution in [3.8, 4) is 11.8 Å². The third-order valence-electron chi connectivity index (χ3n) is 3.34. The van der Waals surface area contributed by atoms with E-state index in [-0.39, 0.29) is 0 Å². The van der Waals surface area contributed by atoms with E-state index in [1.807, 2.05) is 37.3 Å². The van der Waals surface area contributed by atoms with Gasteiger partial charge in [-0.2, -0.15) is 5.26 Å². The minimum absolute atomic E-state index is 0.357. The zero-order valence-electron chi connectivity index (χ0n) is 11.6. The van der Waals surface area contributed by atoms with E-state index in [1.54, 1.807) is 17.1 Å². The highest BCUT2D eigenvalue weighted by Crippen LogP contribution is 2.15. The minimum atomic E-state index is 0.357. The second kappa shape index (κ2) is 5.55. The van der Waals surface area contributed by atoms with Crippen molar-refractivity contribution in [1.82, 2.24) is 20.0 Å². The Morgan fingerprint density at radius 2 is 1.71 bits per heavy atom. The van der Waals surface area contributed by atoms with Crippen LogP contribution in [0.4, 0.5) is 0 Å². The molecule has 3 rings (SSSR count). The highest BCUT2D eigenvalue weighted by molar-refractivity contribution is 5.38. The van der Waals surface area contributed by atoms with E-state index >= 15 is 0 Å². The number of hydrogen-bond acceptors (Lipinski definition) is 4. The van der Waals surface area contributed by atoms with Gasteiger partial charge in [-0.05, 0) is 48.7 Å². The molecule has 0 aliphatic heterocycles. The predicted octanol–water partition coefficient (Wildman–Crippen LogP) is 2.43. The van der Waals surface area contributed by atoms with Gasteiger partial charge in [-0.3, -0.25) is 4.98 Å². The highest BCUT2D eigenvalue weighted by atomic mass is 15.4. The third kappa shape index (κ3) is 2.65. The van der Waals surface area contributed by atoms with E-state index in [2.05, 4.69) is 27.4 Å². The van der Waals surface area contributed by atoms with Crippen LogP contribution >= 0.6 is 0 Å². The average molecular weight is 275 g/mol. The molecule has 0 radical (unpaired) electrons. The van der Waals surface area contributed by atoms with Crippen LogP contribution in [0.5, 0.6) is 0 Å². The fourth-order valence-corrected chi connectivity index (χ4v) is 2.17. The van der Waals surface area contributed by atoms with Gasteiger partial charge in [0, 0.05) is 12.4 Å². The second-order valence-corrected chi connectivity index (χ2v) is 4.75. The number of rotatable bonds is 3. The normalized spacial score (nSPS) is 10.3. The van der Waals surface area contributed by atoms with Crippen LogP contribution in [0.2, 0.25) is 0 Å². The zero-order chi connectivity index (χ0) is 14.7. The molecule has 0 saturated carbocycles. The SMILES string of the molecule is Cc1c(C#N)nnn1-c1ccc(Cc2ccncc2)cc1. The standard InChI is InChI=1S/C16H13N5/c1-12-16(11-17)19-20-21(12)15-4-2-13(3-5-15)10-14-6-8-18-9-7-14/h2-9H,10H2,1H3. The summed E-state index contributed by atoms with van der Waals surface area (Å²) >= 11 is 0. The Bertz CT molecular complexity index is 782. The molecule has 0 spiro atoms. The van der Waals surface area contributed by atoms with Gasteiger partial charge in [0.05, 0.1) is 11.4 Å². The molecule has 0 aliphatic rings. The Morgan fingerprint density at radius 3 is 2.33 bits per heavy atom. The van der Waals surface area contributed by atoms with Gasteiger partial charge in [0.25, 0.3) is 0 Å². The summed E-state index contributed by atoms with van der Waals surface area (Å²) < 4.78 is 1.68. The third-order valence-corrected chi connectivity index (χ3v) is 3.34. The van der Waals surface area contributed by atoms with Crippen molar-refractivity contribution in [1.29, 1.82) is 5.26 Å². The molecule has 102 valence electrons. The molecule has 0 aliphatic carbocycles. The first-order valence-electron chi connectivity index (χ1n) is 6.58. The molecule has 2 aromatic heterocycles. The molecule has 0 bridgehead atoms. The van der Waals surface area contributed by atoms with Crippen LogP contribution in [0.1, 0.15) is 22.5 Å². The molecule has 0 unspecified atom stereocenters. The van der Waals surface area contributed by atoms with Crippen molar-refractivity contribution >= 4 is 0 Å². The van der Waals surface area contributed by atoms with Crippen molar-refractivity contribution in [2.24, 2.45) is 0 Å². The Hall–Kier alpha value is -3.00. The summed E-state index contributed by atoms with van der Waals surface area (Å²) in [5, 5.41) is 16.8. The fourth-order valence-electron chi connectivity index (χ4n) is 2.17. The molecular formula is C16H13N5. The lowest BCUT2D eigenvalue weighted by molar-refractivity contribution is 0.784. The number of nitriles is 1. The zero-order valence-corrected chi connectivity index (χ0v) is 11.6. The van der Waals surface area contributed by atoms with Crippen molar-refractivity contribution in [3.05, 3.63) is 71.3 Å². The van der Waals surface area contributed by atoms with E-state index < -0.39 is 0 Å². The number of pyridine rings is 1. The number of nitrogens with zero attached hydrogens (tertiary/aromatic N) is 5. The Morgan fingerprint density at radius 1 is 1.05 bits per heavy atom. The van der Waals surface area contributed by atoms with Crippen molar-refractivity contribution in [2.45, 2.75) is 13.3 Å². The van der Waals surface area contributed by atoms with Crippen LogP contribution in [-0.4, -0.2) is 20.0 Å². The smallest absolute Gasteiger partial charge is 0.186 e. The van der Waals surface area contributed by atoms with E-state index in [0.717, 1.165) is 17.8 Å². The Balaban J connectivity index is 1.84. The van der Waals surface area contributed by atoms with Crippen molar-refractivity contribution in [3.63, 3.8) is 0 Å². The summed E-state index contributed by atoms with van der Waals surface area (Å²) in [6, 6.07) is 14.1. The Kier molecular flexibility index (Phi) is 3.44. The number of benzene rings is 1. The fraction of sp³-hybridized carbons (Fsp3) is 0.125. The topological polar surface area (TPSA) is 67.4 Å². The van der Waals surface area contributed by atoms with Gasteiger partial charge in [-0.25, -0.2) is 4.68 Å². The van der Waals surface area contributed by atoms with Crippen LogP contribution in [0.15, 0.2) is 48.8 Å². The molecule has 0 N–H and O–H groups in total. The quantitative estimate of drug-likeness (QED) is 0.736. The molecule has 0 amide bonds. The molecule has 5 nitrogen and oxygen atoms in total.